The highest BCUT2D eigenvalue weighted by molar-refractivity contribution is 7.22. The van der Waals surface area contributed by atoms with Crippen LogP contribution in [0.3, 0.4) is 0 Å². The molecule has 0 saturated heterocycles. The number of aryl methyl sites for hydroxylation is 2. The number of nitrogens with zero attached hydrogens (tertiary/aromatic N) is 5. The van der Waals surface area contributed by atoms with Crippen LogP contribution in [-0.2, 0) is 18.3 Å². The van der Waals surface area contributed by atoms with Crippen LogP contribution >= 0.6 is 22.9 Å². The number of hydrogen-bond acceptors (Lipinski definition) is 7. The fourth-order valence-electron chi connectivity index (χ4n) is 4.54. The van der Waals surface area contributed by atoms with Crippen molar-refractivity contribution in [1.29, 1.82) is 0 Å². The summed E-state index contributed by atoms with van der Waals surface area (Å²) < 4.78 is 2.82. The molecular formula is C32H30ClN5O3S. The Morgan fingerprint density at radius 2 is 1.69 bits per heavy atom. The summed E-state index contributed by atoms with van der Waals surface area (Å²) in [6.07, 6.45) is 5.23. The van der Waals surface area contributed by atoms with E-state index in [0.717, 1.165) is 65.5 Å². The Morgan fingerprint density at radius 3 is 2.38 bits per heavy atom. The third kappa shape index (κ3) is 6.49. The summed E-state index contributed by atoms with van der Waals surface area (Å²) in [6, 6.07) is 15.4. The standard InChI is InChI=1S/C28H20ClN5O2S.C4H10O/c1-15-9-22-26(25(20(15)12-24(35)36)16-3-5-19(29)6-4-16)37-28(33-22)17-7-8-30-21(10-17)18-11-23-27(31-13-18)34(2)14-32-23;1-4(2,3)5/h3-11,13-14H,12H2,1-2H3,(H,35,36);5H,1-3H3. The van der Waals surface area contributed by atoms with E-state index in [-0.39, 0.29) is 6.42 Å². The zero-order valence-corrected chi connectivity index (χ0v) is 25.5. The lowest BCUT2D eigenvalue weighted by Gasteiger charge is -2.13. The van der Waals surface area contributed by atoms with Crippen molar-refractivity contribution in [3.63, 3.8) is 0 Å². The summed E-state index contributed by atoms with van der Waals surface area (Å²) in [7, 11) is 1.91. The minimum atomic E-state index is -0.875. The molecule has 6 rings (SSSR count). The third-order valence-electron chi connectivity index (χ3n) is 6.33. The second-order valence-electron chi connectivity index (χ2n) is 11.0. The van der Waals surface area contributed by atoms with Crippen LogP contribution in [0.2, 0.25) is 5.02 Å². The van der Waals surface area contributed by atoms with Crippen molar-refractivity contribution in [3.05, 3.63) is 83.4 Å². The number of aromatic nitrogens is 5. The van der Waals surface area contributed by atoms with Gasteiger partial charge in [0.1, 0.15) is 10.5 Å². The topological polar surface area (TPSA) is 114 Å². The molecule has 0 aliphatic carbocycles. The van der Waals surface area contributed by atoms with Crippen molar-refractivity contribution >= 4 is 50.3 Å². The molecule has 2 aromatic carbocycles. The highest BCUT2D eigenvalue weighted by atomic mass is 35.5. The maximum absolute atomic E-state index is 11.7. The van der Waals surface area contributed by atoms with Gasteiger partial charge in [-0.05, 0) is 80.8 Å². The van der Waals surface area contributed by atoms with Crippen LogP contribution in [0.4, 0.5) is 0 Å². The molecular weight excluding hydrogens is 570 g/mol. The number of benzene rings is 2. The molecule has 0 bridgehead atoms. The Labute approximate surface area is 252 Å². The van der Waals surface area contributed by atoms with Crippen LogP contribution in [0.5, 0.6) is 0 Å². The molecule has 0 aliphatic rings. The maximum atomic E-state index is 11.7. The molecule has 4 heterocycles. The Bertz CT molecular complexity index is 1920. The van der Waals surface area contributed by atoms with Crippen molar-refractivity contribution < 1.29 is 15.0 Å². The number of aliphatic hydroxyl groups is 1. The van der Waals surface area contributed by atoms with E-state index < -0.39 is 11.6 Å². The van der Waals surface area contributed by atoms with Crippen LogP contribution in [0.25, 0.3) is 54.3 Å². The van der Waals surface area contributed by atoms with E-state index in [1.807, 2.05) is 67.1 Å². The average molecular weight is 600 g/mol. The van der Waals surface area contributed by atoms with E-state index >= 15 is 0 Å². The van der Waals surface area contributed by atoms with E-state index in [2.05, 4.69) is 15.0 Å². The van der Waals surface area contributed by atoms with Crippen molar-refractivity contribution in [1.82, 2.24) is 24.5 Å². The number of carboxylic acids is 1. The second-order valence-corrected chi connectivity index (χ2v) is 12.4. The largest absolute Gasteiger partial charge is 0.481 e. The number of carboxylic acid groups (broad SMARTS) is 1. The Morgan fingerprint density at radius 1 is 0.976 bits per heavy atom. The molecule has 6 aromatic rings. The summed E-state index contributed by atoms with van der Waals surface area (Å²) in [5.74, 6) is -0.875. The van der Waals surface area contributed by atoms with Gasteiger partial charge in [0, 0.05) is 41.2 Å². The quantitative estimate of drug-likeness (QED) is 0.213. The Hall–Kier alpha value is -4.18. The van der Waals surface area contributed by atoms with E-state index in [1.165, 1.54) is 11.3 Å². The first-order valence-corrected chi connectivity index (χ1v) is 14.4. The van der Waals surface area contributed by atoms with Gasteiger partial charge in [-0.1, -0.05) is 23.7 Å². The SMILES string of the molecule is CC(C)(C)O.Cc1cc2nc(-c3ccnc(-c4cnc5c(c4)ncn5C)c3)sc2c(-c2ccc(Cl)cc2)c1CC(=O)O. The highest BCUT2D eigenvalue weighted by Gasteiger charge is 2.20. The highest BCUT2D eigenvalue weighted by Crippen LogP contribution is 2.41. The third-order valence-corrected chi connectivity index (χ3v) is 7.72. The van der Waals surface area contributed by atoms with Crippen molar-refractivity contribution in [2.24, 2.45) is 7.05 Å². The molecule has 42 heavy (non-hydrogen) atoms. The molecule has 0 aliphatic heterocycles. The number of halogens is 1. The van der Waals surface area contributed by atoms with E-state index in [1.54, 1.807) is 39.5 Å². The van der Waals surface area contributed by atoms with Crippen LogP contribution in [-0.4, -0.2) is 46.3 Å². The zero-order valence-electron chi connectivity index (χ0n) is 23.9. The number of imidazole rings is 1. The zero-order chi connectivity index (χ0) is 30.2. The lowest BCUT2D eigenvalue weighted by atomic mass is 9.93. The number of thiazole rings is 1. The van der Waals surface area contributed by atoms with Crippen LogP contribution in [0, 0.1) is 6.92 Å². The summed E-state index contributed by atoms with van der Waals surface area (Å²) >= 11 is 7.68. The molecule has 0 amide bonds. The van der Waals surface area contributed by atoms with Gasteiger partial charge in [0.05, 0.1) is 34.3 Å². The molecule has 0 radical (unpaired) electrons. The Kier molecular flexibility index (Phi) is 8.10. The lowest BCUT2D eigenvalue weighted by molar-refractivity contribution is -0.136. The molecule has 0 saturated carbocycles. The number of rotatable bonds is 5. The number of aliphatic carboxylic acids is 1. The molecule has 0 unspecified atom stereocenters. The van der Waals surface area contributed by atoms with Gasteiger partial charge in [0.25, 0.3) is 0 Å². The molecule has 4 aromatic heterocycles. The molecule has 8 nitrogen and oxygen atoms in total. The van der Waals surface area contributed by atoms with E-state index in [0.29, 0.717) is 5.02 Å². The van der Waals surface area contributed by atoms with Crippen LogP contribution in [0.1, 0.15) is 31.9 Å². The molecule has 10 heteroatoms. The molecule has 0 spiro atoms. The summed E-state index contributed by atoms with van der Waals surface area (Å²) in [5.41, 5.74) is 7.98. The first kappa shape index (κ1) is 29.3. The number of fused-ring (bicyclic) bond motifs is 2. The summed E-state index contributed by atoms with van der Waals surface area (Å²) in [6.45, 7) is 7.16. The van der Waals surface area contributed by atoms with Gasteiger partial charge in [0.15, 0.2) is 5.65 Å². The maximum Gasteiger partial charge on any atom is 0.307 e. The van der Waals surface area contributed by atoms with Gasteiger partial charge in [-0.15, -0.1) is 11.3 Å². The first-order chi connectivity index (χ1) is 19.9. The van der Waals surface area contributed by atoms with Gasteiger partial charge in [-0.2, -0.15) is 0 Å². The smallest absolute Gasteiger partial charge is 0.307 e. The normalized spacial score (nSPS) is 11.5. The summed E-state index contributed by atoms with van der Waals surface area (Å²) in [4.78, 5) is 30.2. The number of hydrogen-bond donors (Lipinski definition) is 2. The average Bonchev–Trinajstić information content (AvgIpc) is 3.52. The minimum Gasteiger partial charge on any atom is -0.481 e. The van der Waals surface area contributed by atoms with E-state index in [4.69, 9.17) is 21.7 Å². The van der Waals surface area contributed by atoms with Crippen molar-refractivity contribution in [3.8, 4) is 33.0 Å². The van der Waals surface area contributed by atoms with Crippen molar-refractivity contribution in [2.75, 3.05) is 0 Å². The second kappa shape index (κ2) is 11.6. The Balaban J connectivity index is 0.000000652. The predicted molar refractivity (Wildman–Crippen MR) is 169 cm³/mol. The van der Waals surface area contributed by atoms with Crippen molar-refractivity contribution in [2.45, 2.75) is 39.7 Å². The first-order valence-electron chi connectivity index (χ1n) is 13.2. The van der Waals surface area contributed by atoms with Crippen LogP contribution in [0.15, 0.2) is 67.3 Å². The van der Waals surface area contributed by atoms with Gasteiger partial charge in [-0.3, -0.25) is 9.78 Å². The monoisotopic (exact) mass is 599 g/mol. The van der Waals surface area contributed by atoms with Gasteiger partial charge in [0.2, 0.25) is 0 Å². The van der Waals surface area contributed by atoms with Gasteiger partial charge < -0.3 is 14.8 Å². The minimum absolute atomic E-state index is 0.0740. The molecule has 2 N–H and O–H groups in total. The van der Waals surface area contributed by atoms with Gasteiger partial charge in [-0.25, -0.2) is 15.0 Å². The summed E-state index contributed by atoms with van der Waals surface area (Å²) in [5, 5.41) is 19.6. The number of carbonyl (C=O) groups is 1. The lowest BCUT2D eigenvalue weighted by Crippen LogP contribution is -2.10. The van der Waals surface area contributed by atoms with Crippen LogP contribution < -0.4 is 0 Å². The molecule has 0 fully saturated rings. The fourth-order valence-corrected chi connectivity index (χ4v) is 5.80. The fraction of sp³-hybridized carbons (Fsp3) is 0.219. The molecule has 214 valence electrons. The predicted octanol–water partition coefficient (Wildman–Crippen LogP) is 7.34. The number of pyridine rings is 2. The van der Waals surface area contributed by atoms with E-state index in [9.17, 15) is 9.90 Å². The molecule has 0 atom stereocenters. The van der Waals surface area contributed by atoms with Gasteiger partial charge >= 0.3 is 5.97 Å².